The lowest BCUT2D eigenvalue weighted by atomic mass is 10.2. The van der Waals surface area contributed by atoms with E-state index < -0.39 is 17.0 Å². The van der Waals surface area contributed by atoms with Gasteiger partial charge >= 0.3 is 0 Å². The third-order valence-corrected chi connectivity index (χ3v) is 4.35. The number of hydrogen-bond acceptors (Lipinski definition) is 3. The first-order valence-corrected chi connectivity index (χ1v) is 8.10. The van der Waals surface area contributed by atoms with Crippen LogP contribution in [0, 0.1) is 0 Å². The molecule has 2 N–H and O–H groups in total. The summed E-state index contributed by atoms with van der Waals surface area (Å²) in [6.45, 7) is -0.272. The average Bonchev–Trinajstić information content (AvgIpc) is 3.00. The van der Waals surface area contributed by atoms with Crippen LogP contribution in [0.15, 0.2) is 64.3 Å². The van der Waals surface area contributed by atoms with Crippen LogP contribution in [0.5, 0.6) is 0 Å². The number of rotatable bonds is 3. The summed E-state index contributed by atoms with van der Waals surface area (Å²) < 4.78 is 3.02. The summed E-state index contributed by atoms with van der Waals surface area (Å²) in [5.74, 6) is -0.395. The lowest BCUT2D eigenvalue weighted by Gasteiger charge is -2.09. The van der Waals surface area contributed by atoms with Crippen LogP contribution in [-0.4, -0.2) is 20.3 Å². The van der Waals surface area contributed by atoms with Gasteiger partial charge in [-0.15, -0.1) is 0 Å². The Morgan fingerprint density at radius 2 is 1.85 bits per heavy atom. The third kappa shape index (κ3) is 2.69. The van der Waals surface area contributed by atoms with E-state index in [4.69, 9.17) is 0 Å². The first-order chi connectivity index (χ1) is 12.5. The van der Waals surface area contributed by atoms with Crippen molar-refractivity contribution in [3.8, 4) is 0 Å². The highest BCUT2D eigenvalue weighted by atomic mass is 16.2. The summed E-state index contributed by atoms with van der Waals surface area (Å²) >= 11 is 0. The van der Waals surface area contributed by atoms with Crippen molar-refractivity contribution in [1.82, 2.24) is 14.3 Å². The third-order valence-electron chi connectivity index (χ3n) is 4.35. The van der Waals surface area contributed by atoms with Crippen molar-refractivity contribution in [1.29, 1.82) is 0 Å². The van der Waals surface area contributed by atoms with Crippen LogP contribution >= 0.6 is 0 Å². The number of carbonyl (C=O) groups is 1. The number of aryl methyl sites for hydroxylation is 1. The molecule has 130 valence electrons. The number of anilines is 1. The zero-order valence-electron chi connectivity index (χ0n) is 14.0. The number of aromatic nitrogens is 3. The molecule has 0 atom stereocenters. The monoisotopic (exact) mass is 348 g/mol. The van der Waals surface area contributed by atoms with Gasteiger partial charge in [-0.25, -0.2) is 4.68 Å². The molecule has 0 aliphatic heterocycles. The molecule has 2 aromatic carbocycles. The maximum absolute atomic E-state index is 12.5. The normalized spacial score (nSPS) is 11.1. The molecule has 26 heavy (non-hydrogen) atoms. The molecular weight excluding hydrogens is 332 g/mol. The maximum atomic E-state index is 12.5. The second kappa shape index (κ2) is 6.03. The number of amides is 1. The van der Waals surface area contributed by atoms with Gasteiger partial charge in [-0.05, 0) is 36.4 Å². The fourth-order valence-corrected chi connectivity index (χ4v) is 3.06. The number of fused-ring (bicyclic) bond motifs is 2. The standard InChI is InChI=1S/C19H16N4O3/c1-22-9-8-12-10-13(6-7-16(12)22)20-17(24)11-23-19(26)15-5-3-2-4-14(15)18(25)21-23/h2-10H,11H2,1H3,(H,20,24)(H,21,25). The van der Waals surface area contributed by atoms with Gasteiger partial charge in [-0.1, -0.05) is 12.1 Å². The molecule has 0 saturated carbocycles. The smallest absolute Gasteiger partial charge is 0.273 e. The van der Waals surface area contributed by atoms with Crippen LogP contribution in [-0.2, 0) is 18.4 Å². The minimum absolute atomic E-state index is 0.272. The zero-order valence-corrected chi connectivity index (χ0v) is 14.0. The number of nitrogens with zero attached hydrogens (tertiary/aromatic N) is 2. The molecule has 7 nitrogen and oxygen atoms in total. The number of carbonyl (C=O) groups excluding carboxylic acids is 1. The molecule has 0 aliphatic carbocycles. The van der Waals surface area contributed by atoms with Crippen LogP contribution in [0.1, 0.15) is 0 Å². The Bertz CT molecular complexity index is 1260. The lowest BCUT2D eigenvalue weighted by Crippen LogP contribution is -2.34. The molecule has 0 fully saturated rings. The summed E-state index contributed by atoms with van der Waals surface area (Å²) in [6, 6.07) is 14.0. The van der Waals surface area contributed by atoms with E-state index in [0.29, 0.717) is 11.1 Å². The highest BCUT2D eigenvalue weighted by molar-refractivity contribution is 5.94. The van der Waals surface area contributed by atoms with Gasteiger partial charge in [0.1, 0.15) is 6.54 Å². The van der Waals surface area contributed by atoms with E-state index in [1.807, 2.05) is 36.0 Å². The van der Waals surface area contributed by atoms with E-state index in [2.05, 4.69) is 10.4 Å². The Labute approximate surface area is 147 Å². The summed E-state index contributed by atoms with van der Waals surface area (Å²) in [5.41, 5.74) is 0.871. The van der Waals surface area contributed by atoms with Gasteiger partial charge in [0.25, 0.3) is 11.1 Å². The van der Waals surface area contributed by atoms with Crippen molar-refractivity contribution >= 4 is 33.3 Å². The van der Waals surface area contributed by atoms with E-state index in [1.165, 1.54) is 0 Å². The first-order valence-electron chi connectivity index (χ1n) is 8.10. The minimum atomic E-state index is -0.408. The van der Waals surface area contributed by atoms with Crippen molar-refractivity contribution in [2.24, 2.45) is 7.05 Å². The molecule has 2 aromatic heterocycles. The molecule has 4 aromatic rings. The van der Waals surface area contributed by atoms with Gasteiger partial charge < -0.3 is 9.88 Å². The van der Waals surface area contributed by atoms with Gasteiger partial charge in [-0.3, -0.25) is 19.5 Å². The fraction of sp³-hybridized carbons (Fsp3) is 0.105. The van der Waals surface area contributed by atoms with Crippen LogP contribution in [0.2, 0.25) is 0 Å². The molecule has 2 heterocycles. The van der Waals surface area contributed by atoms with Crippen molar-refractivity contribution in [2.45, 2.75) is 6.54 Å². The summed E-state index contributed by atoms with van der Waals surface area (Å²) in [6.07, 6.45) is 1.94. The van der Waals surface area contributed by atoms with Crippen molar-refractivity contribution in [3.63, 3.8) is 0 Å². The van der Waals surface area contributed by atoms with Crippen molar-refractivity contribution < 1.29 is 4.79 Å². The van der Waals surface area contributed by atoms with Crippen LogP contribution < -0.4 is 16.4 Å². The Morgan fingerprint density at radius 3 is 2.65 bits per heavy atom. The lowest BCUT2D eigenvalue weighted by molar-refractivity contribution is -0.117. The predicted octanol–water partition coefficient (Wildman–Crippen LogP) is 1.82. The van der Waals surface area contributed by atoms with Crippen LogP contribution in [0.25, 0.3) is 21.7 Å². The topological polar surface area (TPSA) is 88.9 Å². The van der Waals surface area contributed by atoms with Gasteiger partial charge in [0.05, 0.1) is 10.8 Å². The SMILES string of the molecule is Cn1ccc2cc(NC(=O)Cn3[nH]c(=O)c4ccccc4c3=O)ccc21. The van der Waals surface area contributed by atoms with Gasteiger partial charge in [0, 0.05) is 29.8 Å². The molecule has 0 radical (unpaired) electrons. The van der Waals surface area contributed by atoms with Crippen molar-refractivity contribution in [2.75, 3.05) is 5.32 Å². The fourth-order valence-electron chi connectivity index (χ4n) is 3.06. The zero-order chi connectivity index (χ0) is 18.3. The first kappa shape index (κ1) is 15.9. The van der Waals surface area contributed by atoms with Crippen LogP contribution in [0.4, 0.5) is 5.69 Å². The van der Waals surface area contributed by atoms with E-state index in [9.17, 15) is 14.4 Å². The quantitative estimate of drug-likeness (QED) is 0.592. The number of H-pyrrole nitrogens is 1. The molecule has 4 rings (SSSR count). The number of benzene rings is 2. The number of hydrogen-bond donors (Lipinski definition) is 2. The molecule has 0 spiro atoms. The Balaban J connectivity index is 1.61. The maximum Gasteiger partial charge on any atom is 0.273 e. The van der Waals surface area contributed by atoms with E-state index in [0.717, 1.165) is 15.6 Å². The summed E-state index contributed by atoms with van der Waals surface area (Å²) in [5, 5.41) is 6.81. The molecule has 1 amide bonds. The Hall–Kier alpha value is -3.61. The molecule has 0 unspecified atom stereocenters. The van der Waals surface area contributed by atoms with Gasteiger partial charge in [0.2, 0.25) is 5.91 Å². The second-order valence-corrected chi connectivity index (χ2v) is 6.13. The molecule has 0 aliphatic rings. The van der Waals surface area contributed by atoms with Gasteiger partial charge in [0.15, 0.2) is 0 Å². The highest BCUT2D eigenvalue weighted by Gasteiger charge is 2.10. The van der Waals surface area contributed by atoms with E-state index in [-0.39, 0.29) is 11.9 Å². The average molecular weight is 348 g/mol. The highest BCUT2D eigenvalue weighted by Crippen LogP contribution is 2.19. The molecular formula is C19H16N4O3. The van der Waals surface area contributed by atoms with Crippen LogP contribution in [0.3, 0.4) is 0 Å². The second-order valence-electron chi connectivity index (χ2n) is 6.13. The number of aromatic amines is 1. The van der Waals surface area contributed by atoms with E-state index >= 15 is 0 Å². The summed E-state index contributed by atoms with van der Waals surface area (Å²) in [7, 11) is 1.95. The predicted molar refractivity (Wildman–Crippen MR) is 100 cm³/mol. The number of nitrogens with one attached hydrogen (secondary N) is 2. The summed E-state index contributed by atoms with van der Waals surface area (Å²) in [4.78, 5) is 36.9. The molecule has 7 heteroatoms. The Morgan fingerprint density at radius 1 is 1.08 bits per heavy atom. The van der Waals surface area contributed by atoms with Crippen molar-refractivity contribution in [3.05, 3.63) is 75.4 Å². The molecule has 0 bridgehead atoms. The largest absolute Gasteiger partial charge is 0.351 e. The van der Waals surface area contributed by atoms with E-state index in [1.54, 1.807) is 30.3 Å². The molecule has 0 saturated heterocycles. The minimum Gasteiger partial charge on any atom is -0.351 e. The van der Waals surface area contributed by atoms with Gasteiger partial charge in [-0.2, -0.15) is 0 Å². The Kier molecular flexibility index (Phi) is 3.69.